The highest BCUT2D eigenvalue weighted by Crippen LogP contribution is 2.14. The minimum Gasteiger partial charge on any atom is -0.347 e. The van der Waals surface area contributed by atoms with Crippen LogP contribution in [0.4, 0.5) is 16.2 Å². The molecule has 1 aromatic rings. The number of anilines is 2. The van der Waals surface area contributed by atoms with E-state index in [4.69, 9.17) is 0 Å². The van der Waals surface area contributed by atoms with E-state index in [0.29, 0.717) is 17.9 Å². The zero-order valence-electron chi connectivity index (χ0n) is 14.2. The zero-order valence-corrected chi connectivity index (χ0v) is 14.2. The molecule has 130 valence electrons. The van der Waals surface area contributed by atoms with Gasteiger partial charge in [-0.15, -0.1) is 6.58 Å². The third-order valence-corrected chi connectivity index (χ3v) is 2.92. The monoisotopic (exact) mass is 332 g/mol. The van der Waals surface area contributed by atoms with Gasteiger partial charge >= 0.3 is 6.03 Å². The minimum atomic E-state index is -0.542. The number of hydrogen-bond donors (Lipinski definition) is 4. The summed E-state index contributed by atoms with van der Waals surface area (Å²) in [6, 6.07) is 6.31. The van der Waals surface area contributed by atoms with Crippen molar-refractivity contribution < 1.29 is 14.4 Å². The first-order valence-electron chi connectivity index (χ1n) is 7.56. The maximum atomic E-state index is 11.8. The molecule has 0 saturated carbocycles. The van der Waals surface area contributed by atoms with Gasteiger partial charge < -0.3 is 21.3 Å². The number of nitrogens with one attached hydrogen (secondary N) is 4. The Hall–Kier alpha value is -2.83. The number of hydrogen-bond acceptors (Lipinski definition) is 3. The molecule has 0 aliphatic heterocycles. The van der Waals surface area contributed by atoms with Crippen molar-refractivity contribution >= 4 is 29.2 Å². The number of urea groups is 1. The van der Waals surface area contributed by atoms with Crippen LogP contribution >= 0.6 is 0 Å². The predicted molar refractivity (Wildman–Crippen MR) is 94.8 cm³/mol. The van der Waals surface area contributed by atoms with Gasteiger partial charge in [0.05, 0.1) is 6.54 Å². The van der Waals surface area contributed by atoms with E-state index in [1.807, 2.05) is 0 Å². The van der Waals surface area contributed by atoms with E-state index in [0.717, 1.165) is 0 Å². The molecule has 0 unspecified atom stereocenters. The lowest BCUT2D eigenvalue weighted by Gasteiger charge is -2.17. The van der Waals surface area contributed by atoms with Crippen LogP contribution in [0.15, 0.2) is 36.9 Å². The van der Waals surface area contributed by atoms with Crippen LogP contribution in [0.2, 0.25) is 0 Å². The Bertz CT molecular complexity index is 603. The topological polar surface area (TPSA) is 99.3 Å². The van der Waals surface area contributed by atoms with Crippen molar-refractivity contribution in [1.82, 2.24) is 10.6 Å². The van der Waals surface area contributed by atoms with Gasteiger partial charge in [0, 0.05) is 23.3 Å². The third kappa shape index (κ3) is 6.95. The fourth-order valence-corrected chi connectivity index (χ4v) is 1.61. The lowest BCUT2D eigenvalue weighted by Crippen LogP contribution is -2.39. The molecular formula is C17H24N4O3. The summed E-state index contributed by atoms with van der Waals surface area (Å²) in [5, 5.41) is 10.5. The van der Waals surface area contributed by atoms with Gasteiger partial charge in [-0.3, -0.25) is 9.59 Å². The summed E-state index contributed by atoms with van der Waals surface area (Å²) in [5.74, 6) is -0.514. The Morgan fingerprint density at radius 3 is 2.04 bits per heavy atom. The molecule has 0 aromatic heterocycles. The lowest BCUT2D eigenvalue weighted by atomic mass is 9.96. The van der Waals surface area contributed by atoms with Crippen LogP contribution in [0.1, 0.15) is 20.8 Å². The van der Waals surface area contributed by atoms with Crippen molar-refractivity contribution in [3.63, 3.8) is 0 Å². The number of amides is 4. The molecule has 0 spiro atoms. The summed E-state index contributed by atoms with van der Waals surface area (Å²) >= 11 is 0. The maximum Gasteiger partial charge on any atom is 0.319 e. The second-order valence-electron chi connectivity index (χ2n) is 6.18. The molecule has 4 amide bonds. The molecule has 24 heavy (non-hydrogen) atoms. The molecule has 0 atom stereocenters. The highest BCUT2D eigenvalue weighted by molar-refractivity contribution is 5.95. The van der Waals surface area contributed by atoms with Crippen LogP contribution < -0.4 is 21.3 Å². The summed E-state index contributed by atoms with van der Waals surface area (Å²) in [7, 11) is 0. The number of carbonyl (C=O) groups excluding carboxylic acids is 3. The Kier molecular flexibility index (Phi) is 6.98. The van der Waals surface area contributed by atoms with Gasteiger partial charge in [-0.25, -0.2) is 4.79 Å². The lowest BCUT2D eigenvalue weighted by molar-refractivity contribution is -0.130. The molecule has 0 bridgehead atoms. The standard InChI is InChI=1S/C17H24N4O3/c1-5-10-18-16(24)21-13-8-6-12(7-9-13)20-14(22)11-19-15(23)17(2,3)4/h5-9H,1,10-11H2,2-4H3,(H,19,23)(H,20,22)(H2,18,21,24). The summed E-state index contributed by atoms with van der Waals surface area (Å²) in [6.07, 6.45) is 1.58. The second kappa shape index (κ2) is 8.71. The molecule has 0 aliphatic rings. The number of carbonyl (C=O) groups is 3. The van der Waals surface area contributed by atoms with E-state index >= 15 is 0 Å². The minimum absolute atomic E-state index is 0.0972. The number of benzene rings is 1. The van der Waals surface area contributed by atoms with Crippen molar-refractivity contribution in [3.8, 4) is 0 Å². The van der Waals surface area contributed by atoms with Crippen molar-refractivity contribution in [3.05, 3.63) is 36.9 Å². The number of rotatable bonds is 6. The molecule has 0 aliphatic carbocycles. The van der Waals surface area contributed by atoms with E-state index in [1.165, 1.54) is 0 Å². The van der Waals surface area contributed by atoms with Crippen LogP contribution in [0.25, 0.3) is 0 Å². The molecule has 4 N–H and O–H groups in total. The molecule has 1 aromatic carbocycles. The molecular weight excluding hydrogens is 308 g/mol. The van der Waals surface area contributed by atoms with Gasteiger partial charge in [-0.2, -0.15) is 0 Å². The molecule has 1 rings (SSSR count). The van der Waals surface area contributed by atoms with Crippen LogP contribution in [-0.2, 0) is 9.59 Å². The first kappa shape index (κ1) is 19.2. The van der Waals surface area contributed by atoms with E-state index in [-0.39, 0.29) is 24.4 Å². The van der Waals surface area contributed by atoms with Gasteiger partial charge in [0.1, 0.15) is 0 Å². The smallest absolute Gasteiger partial charge is 0.319 e. The van der Waals surface area contributed by atoms with Crippen molar-refractivity contribution in [1.29, 1.82) is 0 Å². The highest BCUT2D eigenvalue weighted by Gasteiger charge is 2.21. The van der Waals surface area contributed by atoms with Gasteiger partial charge in [0.15, 0.2) is 0 Å². The fourth-order valence-electron chi connectivity index (χ4n) is 1.61. The average Bonchev–Trinajstić information content (AvgIpc) is 2.51. The van der Waals surface area contributed by atoms with Crippen LogP contribution in [0, 0.1) is 5.41 Å². The summed E-state index contributed by atoms with van der Waals surface area (Å²) in [4.78, 5) is 35.0. The van der Waals surface area contributed by atoms with Crippen molar-refractivity contribution in [2.24, 2.45) is 5.41 Å². The predicted octanol–water partition coefficient (Wildman–Crippen LogP) is 2.09. The summed E-state index contributed by atoms with van der Waals surface area (Å²) < 4.78 is 0. The Balaban J connectivity index is 2.46. The van der Waals surface area contributed by atoms with E-state index in [2.05, 4.69) is 27.8 Å². The van der Waals surface area contributed by atoms with Crippen LogP contribution in [0.3, 0.4) is 0 Å². The van der Waals surface area contributed by atoms with Gasteiger partial charge in [-0.1, -0.05) is 26.8 Å². The van der Waals surface area contributed by atoms with Gasteiger partial charge in [0.25, 0.3) is 0 Å². The van der Waals surface area contributed by atoms with Crippen LogP contribution in [0.5, 0.6) is 0 Å². The summed E-state index contributed by atoms with van der Waals surface area (Å²) in [5.41, 5.74) is 0.623. The van der Waals surface area contributed by atoms with E-state index < -0.39 is 5.41 Å². The SMILES string of the molecule is C=CCNC(=O)Nc1ccc(NC(=O)CNC(=O)C(C)(C)C)cc1. The molecule has 0 heterocycles. The molecule has 0 radical (unpaired) electrons. The van der Waals surface area contributed by atoms with E-state index in [9.17, 15) is 14.4 Å². The third-order valence-electron chi connectivity index (χ3n) is 2.92. The zero-order chi connectivity index (χ0) is 18.2. The van der Waals surface area contributed by atoms with Gasteiger partial charge in [0.2, 0.25) is 11.8 Å². The normalized spacial score (nSPS) is 10.5. The van der Waals surface area contributed by atoms with E-state index in [1.54, 1.807) is 51.1 Å². The molecule has 0 fully saturated rings. The fraction of sp³-hybridized carbons (Fsp3) is 0.353. The molecule has 7 nitrogen and oxygen atoms in total. The Morgan fingerprint density at radius 1 is 1.00 bits per heavy atom. The molecule has 7 heteroatoms. The Morgan fingerprint density at radius 2 is 1.54 bits per heavy atom. The Labute approximate surface area is 141 Å². The second-order valence-corrected chi connectivity index (χ2v) is 6.18. The van der Waals surface area contributed by atoms with Crippen molar-refractivity contribution in [2.75, 3.05) is 23.7 Å². The quantitative estimate of drug-likeness (QED) is 0.600. The molecule has 0 saturated heterocycles. The largest absolute Gasteiger partial charge is 0.347 e. The first-order valence-corrected chi connectivity index (χ1v) is 7.56. The van der Waals surface area contributed by atoms with Crippen LogP contribution in [-0.4, -0.2) is 30.9 Å². The average molecular weight is 332 g/mol. The summed E-state index contributed by atoms with van der Waals surface area (Å²) in [6.45, 7) is 9.11. The van der Waals surface area contributed by atoms with Gasteiger partial charge in [-0.05, 0) is 24.3 Å². The highest BCUT2D eigenvalue weighted by atomic mass is 16.2. The van der Waals surface area contributed by atoms with Crippen molar-refractivity contribution in [2.45, 2.75) is 20.8 Å². The maximum absolute atomic E-state index is 11.8. The first-order chi connectivity index (χ1) is 11.2.